The van der Waals surface area contributed by atoms with Crippen LogP contribution in [0.25, 0.3) is 16.2 Å². The van der Waals surface area contributed by atoms with E-state index in [0.717, 1.165) is 26.9 Å². The van der Waals surface area contributed by atoms with E-state index in [1.165, 1.54) is 11.1 Å². The van der Waals surface area contributed by atoms with E-state index in [2.05, 4.69) is 44.1 Å². The van der Waals surface area contributed by atoms with E-state index in [4.69, 9.17) is 9.72 Å². The van der Waals surface area contributed by atoms with Gasteiger partial charge in [0.2, 0.25) is 4.96 Å². The van der Waals surface area contributed by atoms with Gasteiger partial charge in [0.05, 0.1) is 18.0 Å². The summed E-state index contributed by atoms with van der Waals surface area (Å²) in [7, 11) is 1.68. The highest BCUT2D eigenvalue weighted by molar-refractivity contribution is 7.16. The van der Waals surface area contributed by atoms with Gasteiger partial charge in [0, 0.05) is 12.7 Å². The Bertz CT molecular complexity index is 773. The number of aryl methyl sites for hydroxylation is 3. The SMILES string of the molecule is COCc1nn2c(C)c(-c3ccc(C)c(C)c3)nc2s1. The average Bonchev–Trinajstić information content (AvgIpc) is 2.93. The fourth-order valence-corrected chi connectivity index (χ4v) is 3.14. The Hall–Kier alpha value is -1.72. The van der Waals surface area contributed by atoms with Crippen LogP contribution < -0.4 is 0 Å². The number of nitrogens with zero attached hydrogens (tertiary/aromatic N) is 3. The maximum absolute atomic E-state index is 5.12. The van der Waals surface area contributed by atoms with E-state index in [0.29, 0.717) is 6.61 Å². The molecule has 0 aliphatic rings. The monoisotopic (exact) mass is 287 g/mol. The average molecular weight is 287 g/mol. The van der Waals surface area contributed by atoms with Gasteiger partial charge in [-0.3, -0.25) is 0 Å². The summed E-state index contributed by atoms with van der Waals surface area (Å²) in [6.07, 6.45) is 0. The van der Waals surface area contributed by atoms with Crippen LogP contribution in [0.15, 0.2) is 18.2 Å². The Morgan fingerprint density at radius 1 is 1.20 bits per heavy atom. The number of hydrogen-bond acceptors (Lipinski definition) is 4. The lowest BCUT2D eigenvalue weighted by molar-refractivity contribution is 0.183. The first kappa shape index (κ1) is 13.3. The Kier molecular flexibility index (Phi) is 3.31. The van der Waals surface area contributed by atoms with E-state index in [-0.39, 0.29) is 0 Å². The molecule has 0 aliphatic carbocycles. The van der Waals surface area contributed by atoms with Crippen LogP contribution in [0.1, 0.15) is 21.8 Å². The zero-order valence-electron chi connectivity index (χ0n) is 12.1. The minimum absolute atomic E-state index is 0.534. The van der Waals surface area contributed by atoms with Gasteiger partial charge in [0.15, 0.2) is 0 Å². The molecule has 3 rings (SSSR count). The van der Waals surface area contributed by atoms with Crippen LogP contribution in [-0.4, -0.2) is 21.7 Å². The van der Waals surface area contributed by atoms with E-state index in [9.17, 15) is 0 Å². The molecule has 4 nitrogen and oxygen atoms in total. The van der Waals surface area contributed by atoms with Crippen molar-refractivity contribution in [1.29, 1.82) is 0 Å². The molecule has 0 radical (unpaired) electrons. The maximum atomic E-state index is 5.12. The number of benzene rings is 1. The van der Waals surface area contributed by atoms with Gasteiger partial charge in [0.1, 0.15) is 5.01 Å². The predicted molar refractivity (Wildman–Crippen MR) is 81.2 cm³/mol. The molecule has 0 fully saturated rings. The smallest absolute Gasteiger partial charge is 0.213 e. The lowest BCUT2D eigenvalue weighted by Crippen LogP contribution is -1.93. The summed E-state index contributed by atoms with van der Waals surface area (Å²) in [6, 6.07) is 6.45. The Morgan fingerprint density at radius 2 is 2.00 bits per heavy atom. The highest BCUT2D eigenvalue weighted by atomic mass is 32.1. The highest BCUT2D eigenvalue weighted by Crippen LogP contribution is 2.27. The lowest BCUT2D eigenvalue weighted by atomic mass is 10.0. The number of aromatic nitrogens is 3. The molecule has 0 saturated carbocycles. The molecule has 5 heteroatoms. The Labute approximate surface area is 122 Å². The van der Waals surface area contributed by atoms with Gasteiger partial charge in [-0.25, -0.2) is 9.50 Å². The third-order valence-electron chi connectivity index (χ3n) is 3.52. The molecular weight excluding hydrogens is 270 g/mol. The normalized spacial score (nSPS) is 11.4. The molecule has 104 valence electrons. The van der Waals surface area contributed by atoms with Crippen molar-refractivity contribution < 1.29 is 4.74 Å². The standard InChI is InChI=1S/C15H17N3OS/c1-9-5-6-12(7-10(9)2)14-11(3)18-15(16-14)20-13(17-18)8-19-4/h5-7H,8H2,1-4H3. The van der Waals surface area contributed by atoms with Gasteiger partial charge in [-0.1, -0.05) is 23.5 Å². The van der Waals surface area contributed by atoms with Crippen molar-refractivity contribution in [3.8, 4) is 11.3 Å². The van der Waals surface area contributed by atoms with Crippen molar-refractivity contribution in [2.75, 3.05) is 7.11 Å². The van der Waals surface area contributed by atoms with Crippen molar-refractivity contribution in [3.05, 3.63) is 40.0 Å². The van der Waals surface area contributed by atoms with Crippen LogP contribution in [0.3, 0.4) is 0 Å². The van der Waals surface area contributed by atoms with E-state index in [1.807, 2.05) is 4.52 Å². The third-order valence-corrected chi connectivity index (χ3v) is 4.40. The molecule has 0 spiro atoms. The van der Waals surface area contributed by atoms with Gasteiger partial charge < -0.3 is 4.74 Å². The van der Waals surface area contributed by atoms with Crippen LogP contribution in [0.4, 0.5) is 0 Å². The number of hydrogen-bond donors (Lipinski definition) is 0. The molecule has 0 amide bonds. The number of rotatable bonds is 3. The fourth-order valence-electron chi connectivity index (χ4n) is 2.23. The molecule has 0 saturated heterocycles. The largest absolute Gasteiger partial charge is 0.377 e. The molecule has 20 heavy (non-hydrogen) atoms. The third kappa shape index (κ3) is 2.13. The van der Waals surface area contributed by atoms with Gasteiger partial charge in [-0.2, -0.15) is 5.10 Å². The molecule has 0 N–H and O–H groups in total. The second-order valence-electron chi connectivity index (χ2n) is 4.97. The van der Waals surface area contributed by atoms with E-state index >= 15 is 0 Å². The number of methoxy groups -OCH3 is 1. The second-order valence-corrected chi connectivity index (χ2v) is 6.01. The first-order chi connectivity index (χ1) is 9.60. The molecule has 0 aliphatic heterocycles. The van der Waals surface area contributed by atoms with Crippen LogP contribution in [-0.2, 0) is 11.3 Å². The molecule has 0 atom stereocenters. The molecule has 1 aromatic carbocycles. The summed E-state index contributed by atoms with van der Waals surface area (Å²) in [4.78, 5) is 5.64. The van der Waals surface area contributed by atoms with Crippen LogP contribution in [0.5, 0.6) is 0 Å². The molecular formula is C15H17N3OS. The molecule has 2 heterocycles. The fraction of sp³-hybridized carbons (Fsp3) is 0.333. The predicted octanol–water partition coefficient (Wildman–Crippen LogP) is 3.53. The summed E-state index contributed by atoms with van der Waals surface area (Å²) in [5.74, 6) is 0. The van der Waals surface area contributed by atoms with Crippen LogP contribution >= 0.6 is 11.3 Å². The van der Waals surface area contributed by atoms with E-state index in [1.54, 1.807) is 18.4 Å². The molecule has 3 aromatic rings. The molecule has 0 bridgehead atoms. The Morgan fingerprint density at radius 3 is 2.65 bits per heavy atom. The van der Waals surface area contributed by atoms with Gasteiger partial charge in [0.25, 0.3) is 0 Å². The number of ether oxygens (including phenoxy) is 1. The first-order valence-corrected chi connectivity index (χ1v) is 7.33. The molecule has 0 unspecified atom stereocenters. The molecule has 2 aromatic heterocycles. The summed E-state index contributed by atoms with van der Waals surface area (Å²) in [5, 5.41) is 5.48. The first-order valence-electron chi connectivity index (χ1n) is 6.51. The van der Waals surface area contributed by atoms with Crippen molar-refractivity contribution >= 4 is 16.3 Å². The second kappa shape index (κ2) is 5.00. The topological polar surface area (TPSA) is 39.4 Å². The zero-order valence-corrected chi connectivity index (χ0v) is 12.9. The Balaban J connectivity index is 2.09. The summed E-state index contributed by atoms with van der Waals surface area (Å²) in [5.41, 5.74) is 5.81. The number of fused-ring (bicyclic) bond motifs is 1. The van der Waals surface area contributed by atoms with Crippen molar-refractivity contribution in [1.82, 2.24) is 14.6 Å². The minimum atomic E-state index is 0.534. The van der Waals surface area contributed by atoms with Crippen LogP contribution in [0.2, 0.25) is 0 Å². The highest BCUT2D eigenvalue weighted by Gasteiger charge is 2.15. The van der Waals surface area contributed by atoms with Crippen molar-refractivity contribution in [2.24, 2.45) is 0 Å². The summed E-state index contributed by atoms with van der Waals surface area (Å²) >= 11 is 1.57. The lowest BCUT2D eigenvalue weighted by Gasteiger charge is -2.03. The minimum Gasteiger partial charge on any atom is -0.377 e. The summed E-state index contributed by atoms with van der Waals surface area (Å²) in [6.45, 7) is 6.84. The quantitative estimate of drug-likeness (QED) is 0.740. The maximum Gasteiger partial charge on any atom is 0.213 e. The van der Waals surface area contributed by atoms with Gasteiger partial charge >= 0.3 is 0 Å². The van der Waals surface area contributed by atoms with Gasteiger partial charge in [-0.05, 0) is 38.0 Å². The van der Waals surface area contributed by atoms with Crippen molar-refractivity contribution in [2.45, 2.75) is 27.4 Å². The van der Waals surface area contributed by atoms with Gasteiger partial charge in [-0.15, -0.1) is 0 Å². The zero-order chi connectivity index (χ0) is 14.3. The van der Waals surface area contributed by atoms with Crippen molar-refractivity contribution in [3.63, 3.8) is 0 Å². The van der Waals surface area contributed by atoms with E-state index < -0.39 is 0 Å². The summed E-state index contributed by atoms with van der Waals surface area (Å²) < 4.78 is 7.02. The number of imidazole rings is 1. The van der Waals surface area contributed by atoms with Crippen LogP contribution in [0, 0.1) is 20.8 Å².